The molecule has 1 unspecified atom stereocenters. The molecular formula is C25H23N3O2S. The van der Waals surface area contributed by atoms with E-state index in [2.05, 4.69) is 41.7 Å². The van der Waals surface area contributed by atoms with E-state index < -0.39 is 0 Å². The number of benzene rings is 2. The average molecular weight is 430 g/mol. The Kier molecular flexibility index (Phi) is 5.08. The number of carbonyl (C=O) groups is 1. The van der Waals surface area contributed by atoms with Gasteiger partial charge >= 0.3 is 0 Å². The molecule has 0 fully saturated rings. The Hall–Kier alpha value is -3.38. The number of rotatable bonds is 4. The first kappa shape index (κ1) is 19.6. The van der Waals surface area contributed by atoms with E-state index in [1.807, 2.05) is 18.2 Å². The maximum atomic E-state index is 12.9. The summed E-state index contributed by atoms with van der Waals surface area (Å²) < 4.78 is 5.23. The maximum absolute atomic E-state index is 12.9. The summed E-state index contributed by atoms with van der Waals surface area (Å²) in [7, 11) is 1.60. The molecule has 0 aliphatic heterocycles. The average Bonchev–Trinajstić information content (AvgIpc) is 3.13. The summed E-state index contributed by atoms with van der Waals surface area (Å²) in [5.41, 5.74) is 11.3. The molecule has 5 rings (SSSR count). The van der Waals surface area contributed by atoms with Gasteiger partial charge in [0.15, 0.2) is 0 Å². The van der Waals surface area contributed by atoms with Crippen molar-refractivity contribution in [3.05, 3.63) is 82.4 Å². The van der Waals surface area contributed by atoms with E-state index in [-0.39, 0.29) is 5.91 Å². The number of thiophene rings is 1. The highest BCUT2D eigenvalue weighted by Crippen LogP contribution is 2.38. The first-order valence-electron chi connectivity index (χ1n) is 10.3. The van der Waals surface area contributed by atoms with Crippen LogP contribution in [0.2, 0.25) is 0 Å². The van der Waals surface area contributed by atoms with Gasteiger partial charge in [-0.05, 0) is 54.5 Å². The minimum absolute atomic E-state index is 0.228. The van der Waals surface area contributed by atoms with Crippen molar-refractivity contribution in [2.45, 2.75) is 25.2 Å². The Morgan fingerprint density at radius 3 is 2.81 bits per heavy atom. The molecule has 0 saturated heterocycles. The lowest BCUT2D eigenvalue weighted by Crippen LogP contribution is -2.14. The molecule has 5 nitrogen and oxygen atoms in total. The van der Waals surface area contributed by atoms with Gasteiger partial charge in [-0.2, -0.15) is 0 Å². The van der Waals surface area contributed by atoms with Crippen molar-refractivity contribution < 1.29 is 9.53 Å². The smallest absolute Gasteiger partial charge is 0.267 e. The Morgan fingerprint density at radius 2 is 2.00 bits per heavy atom. The summed E-state index contributed by atoms with van der Waals surface area (Å²) in [5, 5.41) is 3.79. The molecule has 0 radical (unpaired) electrons. The third-order valence-corrected chi connectivity index (χ3v) is 7.00. The number of hydrogen-bond donors (Lipinski definition) is 2. The number of ether oxygens (including phenoxy) is 1. The molecule has 0 spiro atoms. The van der Waals surface area contributed by atoms with Crippen molar-refractivity contribution >= 4 is 38.8 Å². The van der Waals surface area contributed by atoms with Gasteiger partial charge in [0.05, 0.1) is 12.8 Å². The second-order valence-corrected chi connectivity index (χ2v) is 8.83. The second kappa shape index (κ2) is 8.04. The van der Waals surface area contributed by atoms with Gasteiger partial charge in [-0.1, -0.05) is 36.4 Å². The molecule has 6 heteroatoms. The number of anilines is 2. The molecule has 0 saturated carbocycles. The van der Waals surface area contributed by atoms with Gasteiger partial charge < -0.3 is 15.8 Å². The van der Waals surface area contributed by atoms with Crippen molar-refractivity contribution in [2.75, 3.05) is 18.2 Å². The number of fused-ring (bicyclic) bond motifs is 2. The monoisotopic (exact) mass is 429 g/mol. The largest absolute Gasteiger partial charge is 0.497 e. The molecule has 1 atom stereocenters. The van der Waals surface area contributed by atoms with Crippen LogP contribution in [-0.2, 0) is 12.8 Å². The Morgan fingerprint density at radius 1 is 1.16 bits per heavy atom. The number of amides is 1. The van der Waals surface area contributed by atoms with Gasteiger partial charge in [0.2, 0.25) is 0 Å². The molecule has 1 aliphatic rings. The summed E-state index contributed by atoms with van der Waals surface area (Å²) >= 11 is 1.35. The van der Waals surface area contributed by atoms with Gasteiger partial charge in [-0.15, -0.1) is 11.3 Å². The van der Waals surface area contributed by atoms with Crippen molar-refractivity contribution in [1.29, 1.82) is 0 Å². The predicted octanol–water partition coefficient (Wildman–Crippen LogP) is 5.41. The van der Waals surface area contributed by atoms with Gasteiger partial charge in [0, 0.05) is 22.8 Å². The number of pyridine rings is 1. The lowest BCUT2D eigenvalue weighted by molar-refractivity contribution is 0.103. The van der Waals surface area contributed by atoms with Crippen LogP contribution in [0.4, 0.5) is 11.4 Å². The van der Waals surface area contributed by atoms with Gasteiger partial charge in [0.25, 0.3) is 5.91 Å². The van der Waals surface area contributed by atoms with Crippen LogP contribution >= 0.6 is 11.3 Å². The first-order valence-corrected chi connectivity index (χ1v) is 11.1. The summed E-state index contributed by atoms with van der Waals surface area (Å²) in [6.07, 6.45) is 2.97. The normalized spacial score (nSPS) is 15.5. The topological polar surface area (TPSA) is 77.2 Å². The molecule has 0 bridgehead atoms. The van der Waals surface area contributed by atoms with Crippen molar-refractivity contribution in [1.82, 2.24) is 4.98 Å². The van der Waals surface area contributed by atoms with Gasteiger partial charge in [0.1, 0.15) is 15.5 Å². The molecule has 1 aliphatic carbocycles. The Bertz CT molecular complexity index is 1270. The number of hydrogen-bond acceptors (Lipinski definition) is 5. The number of carbonyl (C=O) groups excluding carboxylic acids is 1. The van der Waals surface area contributed by atoms with Gasteiger partial charge in [-0.25, -0.2) is 4.98 Å². The van der Waals surface area contributed by atoms with E-state index in [1.54, 1.807) is 13.2 Å². The quantitative estimate of drug-likeness (QED) is 0.455. The Labute approximate surface area is 184 Å². The fourth-order valence-electron chi connectivity index (χ4n) is 4.26. The van der Waals surface area contributed by atoms with Crippen molar-refractivity contribution in [2.24, 2.45) is 0 Å². The minimum atomic E-state index is -0.228. The summed E-state index contributed by atoms with van der Waals surface area (Å²) in [6, 6.07) is 20.0. The molecular weight excluding hydrogens is 406 g/mol. The van der Waals surface area contributed by atoms with E-state index in [9.17, 15) is 4.79 Å². The summed E-state index contributed by atoms with van der Waals surface area (Å²) in [5.74, 6) is 0.946. The number of nitrogens with one attached hydrogen (secondary N) is 1. The van der Waals surface area contributed by atoms with E-state index >= 15 is 0 Å². The number of aryl methyl sites for hydroxylation is 1. The molecule has 1 amide bonds. The van der Waals surface area contributed by atoms with E-state index in [0.717, 1.165) is 35.2 Å². The zero-order valence-electron chi connectivity index (χ0n) is 17.2. The van der Waals surface area contributed by atoms with Crippen LogP contribution in [-0.4, -0.2) is 18.0 Å². The number of methoxy groups -OCH3 is 1. The number of nitrogens with zero attached hydrogens (tertiary/aromatic N) is 1. The summed E-state index contributed by atoms with van der Waals surface area (Å²) in [6.45, 7) is 0. The fraction of sp³-hybridized carbons (Fsp3) is 0.200. The molecule has 31 heavy (non-hydrogen) atoms. The highest BCUT2D eigenvalue weighted by molar-refractivity contribution is 7.21. The third kappa shape index (κ3) is 3.75. The molecule has 156 valence electrons. The van der Waals surface area contributed by atoms with Crippen LogP contribution in [0.1, 0.15) is 38.8 Å². The fourth-order valence-corrected chi connectivity index (χ4v) is 5.25. The maximum Gasteiger partial charge on any atom is 0.267 e. The lowest BCUT2D eigenvalue weighted by atomic mass is 9.82. The van der Waals surface area contributed by atoms with E-state index in [4.69, 9.17) is 15.5 Å². The zero-order chi connectivity index (χ0) is 21.4. The number of aromatic nitrogens is 1. The molecule has 2 aromatic heterocycles. The van der Waals surface area contributed by atoms with Crippen LogP contribution in [0.5, 0.6) is 5.75 Å². The molecule has 2 heterocycles. The molecule has 4 aromatic rings. The van der Waals surface area contributed by atoms with Crippen molar-refractivity contribution in [3.8, 4) is 5.75 Å². The standard InChI is InChI=1S/C25H23N3O2S/c1-30-19-9-5-8-18(14-19)27-24(29)23-22(26)20-13-17-12-16(15-6-3-2-4-7-15)10-11-21(17)28-25(20)31-23/h2-9,13-14,16H,10-12,26H2,1H3,(H,27,29). The highest BCUT2D eigenvalue weighted by Gasteiger charge is 2.24. The second-order valence-electron chi connectivity index (χ2n) is 7.83. The minimum Gasteiger partial charge on any atom is -0.497 e. The van der Waals surface area contributed by atoms with Gasteiger partial charge in [-0.3, -0.25) is 4.79 Å². The summed E-state index contributed by atoms with van der Waals surface area (Å²) in [4.78, 5) is 19.1. The zero-order valence-corrected chi connectivity index (χ0v) is 18.0. The first-order chi connectivity index (χ1) is 15.1. The SMILES string of the molecule is COc1cccc(NC(=O)c2sc3nc4c(cc3c2N)CC(c2ccccc2)CC4)c1. The molecule has 3 N–H and O–H groups in total. The van der Waals surface area contributed by atoms with E-state index in [0.29, 0.717) is 27.9 Å². The van der Waals surface area contributed by atoms with Crippen LogP contribution < -0.4 is 15.8 Å². The third-order valence-electron chi connectivity index (χ3n) is 5.89. The number of nitrogen functional groups attached to an aromatic ring is 1. The predicted molar refractivity (Wildman–Crippen MR) is 126 cm³/mol. The van der Waals surface area contributed by atoms with Crippen LogP contribution in [0, 0.1) is 0 Å². The van der Waals surface area contributed by atoms with E-state index in [1.165, 1.54) is 22.5 Å². The Balaban J connectivity index is 1.44. The van der Waals surface area contributed by atoms with Crippen LogP contribution in [0.3, 0.4) is 0 Å². The van der Waals surface area contributed by atoms with Crippen LogP contribution in [0.25, 0.3) is 10.2 Å². The molecule has 2 aromatic carbocycles. The van der Waals surface area contributed by atoms with Crippen LogP contribution in [0.15, 0.2) is 60.7 Å². The number of nitrogens with two attached hydrogens (primary N) is 1. The lowest BCUT2D eigenvalue weighted by Gasteiger charge is -2.24. The van der Waals surface area contributed by atoms with Crippen molar-refractivity contribution in [3.63, 3.8) is 0 Å². The highest BCUT2D eigenvalue weighted by atomic mass is 32.1.